The standard InChI is InChI=1S/C14H21NO4/c1-4-5-10-6-12(17-2)14(13(7-10)18-3)19-9-11(16)8-15/h4,6-7,11,16H,1,5,8-9,15H2,2-3H3. The van der Waals surface area contributed by atoms with Crippen molar-refractivity contribution in [3.8, 4) is 17.2 Å². The Kier molecular flexibility index (Phi) is 6.18. The molecule has 0 saturated heterocycles. The van der Waals surface area contributed by atoms with Crippen LogP contribution < -0.4 is 19.9 Å². The molecular weight excluding hydrogens is 246 g/mol. The van der Waals surface area contributed by atoms with Crippen molar-refractivity contribution in [1.82, 2.24) is 0 Å². The van der Waals surface area contributed by atoms with Gasteiger partial charge in [0.2, 0.25) is 5.75 Å². The second-order valence-corrected chi connectivity index (χ2v) is 4.02. The van der Waals surface area contributed by atoms with E-state index >= 15 is 0 Å². The average Bonchev–Trinajstić information content (AvgIpc) is 2.44. The molecule has 19 heavy (non-hydrogen) atoms. The molecule has 1 unspecified atom stereocenters. The number of hydrogen-bond acceptors (Lipinski definition) is 5. The predicted octanol–water partition coefficient (Wildman–Crippen LogP) is 1.13. The summed E-state index contributed by atoms with van der Waals surface area (Å²) in [5.74, 6) is 1.58. The number of rotatable bonds is 8. The van der Waals surface area contributed by atoms with Crippen LogP contribution in [0.3, 0.4) is 0 Å². The zero-order chi connectivity index (χ0) is 14.3. The number of benzene rings is 1. The summed E-state index contributed by atoms with van der Waals surface area (Å²) < 4.78 is 16.1. The summed E-state index contributed by atoms with van der Waals surface area (Å²) in [4.78, 5) is 0. The van der Waals surface area contributed by atoms with E-state index < -0.39 is 6.10 Å². The van der Waals surface area contributed by atoms with E-state index in [1.165, 1.54) is 0 Å². The smallest absolute Gasteiger partial charge is 0.203 e. The van der Waals surface area contributed by atoms with Gasteiger partial charge in [-0.05, 0) is 24.1 Å². The molecule has 0 bridgehead atoms. The first kappa shape index (κ1) is 15.3. The molecule has 0 aliphatic carbocycles. The summed E-state index contributed by atoms with van der Waals surface area (Å²) in [6.07, 6.45) is 1.79. The molecule has 0 fully saturated rings. The normalized spacial score (nSPS) is 11.8. The van der Waals surface area contributed by atoms with Gasteiger partial charge in [-0.1, -0.05) is 6.08 Å². The van der Waals surface area contributed by atoms with Gasteiger partial charge in [0.25, 0.3) is 0 Å². The van der Waals surface area contributed by atoms with Crippen LogP contribution in [0, 0.1) is 0 Å². The lowest BCUT2D eigenvalue weighted by molar-refractivity contribution is 0.110. The topological polar surface area (TPSA) is 73.9 Å². The van der Waals surface area contributed by atoms with Gasteiger partial charge >= 0.3 is 0 Å². The van der Waals surface area contributed by atoms with E-state index in [4.69, 9.17) is 19.9 Å². The molecule has 106 valence electrons. The van der Waals surface area contributed by atoms with Crippen molar-refractivity contribution in [1.29, 1.82) is 0 Å². The maximum atomic E-state index is 9.44. The SMILES string of the molecule is C=CCc1cc(OC)c(OCC(O)CN)c(OC)c1. The van der Waals surface area contributed by atoms with Gasteiger partial charge in [0.15, 0.2) is 11.5 Å². The van der Waals surface area contributed by atoms with E-state index in [2.05, 4.69) is 6.58 Å². The lowest BCUT2D eigenvalue weighted by Gasteiger charge is -2.17. The molecule has 0 radical (unpaired) electrons. The van der Waals surface area contributed by atoms with Gasteiger partial charge in [0, 0.05) is 6.54 Å². The van der Waals surface area contributed by atoms with Crippen LogP contribution in [0.4, 0.5) is 0 Å². The number of aliphatic hydroxyl groups excluding tert-OH is 1. The lowest BCUT2D eigenvalue weighted by Crippen LogP contribution is -2.26. The molecular formula is C14H21NO4. The number of hydrogen-bond donors (Lipinski definition) is 2. The number of allylic oxidation sites excluding steroid dienone is 1. The Morgan fingerprint density at radius 3 is 2.32 bits per heavy atom. The first-order valence-electron chi connectivity index (χ1n) is 6.03. The van der Waals surface area contributed by atoms with Crippen LogP contribution in [-0.4, -0.2) is 38.6 Å². The second-order valence-electron chi connectivity index (χ2n) is 4.02. The van der Waals surface area contributed by atoms with Gasteiger partial charge < -0.3 is 25.1 Å². The van der Waals surface area contributed by atoms with Gasteiger partial charge in [0.1, 0.15) is 12.7 Å². The number of aliphatic hydroxyl groups is 1. The summed E-state index contributed by atoms with van der Waals surface area (Å²) in [6, 6.07) is 3.71. The second kappa shape index (κ2) is 7.66. The van der Waals surface area contributed by atoms with Gasteiger partial charge in [0.05, 0.1) is 14.2 Å². The minimum atomic E-state index is -0.720. The molecule has 1 atom stereocenters. The third kappa shape index (κ3) is 4.15. The number of nitrogens with two attached hydrogens (primary N) is 1. The minimum absolute atomic E-state index is 0.0873. The molecule has 0 aliphatic rings. The molecule has 0 saturated carbocycles. The Labute approximate surface area is 113 Å². The Morgan fingerprint density at radius 1 is 1.32 bits per heavy atom. The van der Waals surface area contributed by atoms with Crippen molar-refractivity contribution in [3.63, 3.8) is 0 Å². The Hall–Kier alpha value is -1.72. The molecule has 1 aromatic carbocycles. The van der Waals surface area contributed by atoms with E-state index in [1.54, 1.807) is 20.3 Å². The highest BCUT2D eigenvalue weighted by atomic mass is 16.5. The summed E-state index contributed by atoms with van der Waals surface area (Å²) in [7, 11) is 3.11. The van der Waals surface area contributed by atoms with Crippen LogP contribution in [0.1, 0.15) is 5.56 Å². The Morgan fingerprint density at radius 2 is 1.89 bits per heavy atom. The summed E-state index contributed by atoms with van der Waals surface area (Å²) >= 11 is 0. The van der Waals surface area contributed by atoms with Crippen LogP contribution in [0.25, 0.3) is 0 Å². The quantitative estimate of drug-likeness (QED) is 0.691. The van der Waals surface area contributed by atoms with Crippen LogP contribution in [0.2, 0.25) is 0 Å². The Bertz CT molecular complexity index is 395. The number of ether oxygens (including phenoxy) is 3. The van der Waals surface area contributed by atoms with Crippen molar-refractivity contribution in [2.24, 2.45) is 5.73 Å². The molecule has 5 nitrogen and oxygen atoms in total. The maximum absolute atomic E-state index is 9.44. The molecule has 0 aliphatic heterocycles. The van der Waals surface area contributed by atoms with E-state index in [1.807, 2.05) is 12.1 Å². The minimum Gasteiger partial charge on any atom is -0.493 e. The summed E-state index contributed by atoms with van der Waals surface area (Å²) in [5, 5.41) is 9.44. The van der Waals surface area contributed by atoms with Crippen molar-refractivity contribution >= 4 is 0 Å². The fourth-order valence-electron chi connectivity index (χ4n) is 1.61. The van der Waals surface area contributed by atoms with Crippen LogP contribution in [0.15, 0.2) is 24.8 Å². The predicted molar refractivity (Wildman–Crippen MR) is 74.0 cm³/mol. The molecule has 1 aromatic rings. The van der Waals surface area contributed by atoms with Crippen LogP contribution in [-0.2, 0) is 6.42 Å². The summed E-state index contributed by atoms with van der Waals surface area (Å²) in [5.41, 5.74) is 6.35. The van der Waals surface area contributed by atoms with E-state index in [-0.39, 0.29) is 13.2 Å². The largest absolute Gasteiger partial charge is 0.493 e. The van der Waals surface area contributed by atoms with Crippen LogP contribution >= 0.6 is 0 Å². The first-order valence-corrected chi connectivity index (χ1v) is 6.03. The molecule has 0 aromatic heterocycles. The molecule has 3 N–H and O–H groups in total. The average molecular weight is 267 g/mol. The van der Waals surface area contributed by atoms with Crippen molar-refractivity contribution < 1.29 is 19.3 Å². The zero-order valence-corrected chi connectivity index (χ0v) is 11.4. The highest BCUT2D eigenvalue weighted by molar-refractivity contribution is 5.54. The third-order valence-corrected chi connectivity index (χ3v) is 2.59. The van der Waals surface area contributed by atoms with E-state index in [9.17, 15) is 5.11 Å². The fraction of sp³-hybridized carbons (Fsp3) is 0.429. The van der Waals surface area contributed by atoms with Gasteiger partial charge in [-0.2, -0.15) is 0 Å². The summed E-state index contributed by atoms with van der Waals surface area (Å²) in [6.45, 7) is 3.93. The molecule has 5 heteroatoms. The first-order chi connectivity index (χ1) is 9.15. The highest BCUT2D eigenvalue weighted by Gasteiger charge is 2.15. The van der Waals surface area contributed by atoms with Crippen molar-refractivity contribution in [2.45, 2.75) is 12.5 Å². The van der Waals surface area contributed by atoms with Gasteiger partial charge in [-0.15, -0.1) is 6.58 Å². The third-order valence-electron chi connectivity index (χ3n) is 2.59. The van der Waals surface area contributed by atoms with Crippen LogP contribution in [0.5, 0.6) is 17.2 Å². The zero-order valence-electron chi connectivity index (χ0n) is 11.4. The maximum Gasteiger partial charge on any atom is 0.203 e. The van der Waals surface area contributed by atoms with E-state index in [0.717, 1.165) is 5.56 Å². The van der Waals surface area contributed by atoms with Gasteiger partial charge in [-0.3, -0.25) is 0 Å². The number of methoxy groups -OCH3 is 2. The lowest BCUT2D eigenvalue weighted by atomic mass is 10.1. The van der Waals surface area contributed by atoms with Gasteiger partial charge in [-0.25, -0.2) is 0 Å². The van der Waals surface area contributed by atoms with Crippen molar-refractivity contribution in [2.75, 3.05) is 27.4 Å². The Balaban J connectivity index is 3.02. The van der Waals surface area contributed by atoms with Crippen molar-refractivity contribution in [3.05, 3.63) is 30.4 Å². The molecule has 1 rings (SSSR count). The molecule has 0 spiro atoms. The van der Waals surface area contributed by atoms with E-state index in [0.29, 0.717) is 23.7 Å². The molecule has 0 heterocycles. The highest BCUT2D eigenvalue weighted by Crippen LogP contribution is 2.38. The monoisotopic (exact) mass is 267 g/mol. The fourth-order valence-corrected chi connectivity index (χ4v) is 1.61. The molecule has 0 amide bonds.